The van der Waals surface area contributed by atoms with Crippen molar-refractivity contribution in [2.75, 3.05) is 20.3 Å². The first-order valence-electron chi connectivity index (χ1n) is 5.74. The summed E-state index contributed by atoms with van der Waals surface area (Å²) in [5.74, 6) is 0.693. The first-order valence-corrected chi connectivity index (χ1v) is 5.74. The molecule has 1 aliphatic rings. The monoisotopic (exact) mass is 263 g/mol. The zero-order chi connectivity index (χ0) is 13.8. The Bertz CT molecular complexity index is 517. The van der Waals surface area contributed by atoms with Crippen molar-refractivity contribution in [2.24, 2.45) is 0 Å². The van der Waals surface area contributed by atoms with Gasteiger partial charge < -0.3 is 18.9 Å². The Kier molecular flexibility index (Phi) is 3.76. The molecule has 0 bridgehead atoms. The van der Waals surface area contributed by atoms with E-state index in [9.17, 15) is 4.79 Å². The van der Waals surface area contributed by atoms with Gasteiger partial charge in [0, 0.05) is 0 Å². The minimum atomic E-state index is -0.813. The molecule has 1 aromatic rings. The van der Waals surface area contributed by atoms with Crippen molar-refractivity contribution in [1.82, 2.24) is 0 Å². The molecule has 0 radical (unpaired) electrons. The van der Waals surface area contributed by atoms with Gasteiger partial charge in [0.1, 0.15) is 19.3 Å². The lowest BCUT2D eigenvalue weighted by atomic mass is 10.1. The van der Waals surface area contributed by atoms with E-state index >= 15 is 0 Å². The summed E-state index contributed by atoms with van der Waals surface area (Å²) in [6, 6.07) is 4.84. The van der Waals surface area contributed by atoms with Crippen LogP contribution in [0.2, 0.25) is 0 Å². The molecule has 0 amide bonds. The molecule has 1 aromatic carbocycles. The van der Waals surface area contributed by atoms with Gasteiger partial charge in [-0.1, -0.05) is 0 Å². The maximum Gasteiger partial charge on any atom is 0.339 e. The average molecular weight is 263 g/mol. The fraction of sp³-hybridized carbons (Fsp3) is 0.385. The van der Waals surface area contributed by atoms with Crippen LogP contribution < -0.4 is 14.2 Å². The van der Waals surface area contributed by atoms with Crippen molar-refractivity contribution >= 4 is 5.97 Å². The molecule has 0 spiro atoms. The van der Waals surface area contributed by atoms with Gasteiger partial charge in [-0.05, 0) is 19.1 Å². The molecule has 1 heterocycles. The van der Waals surface area contributed by atoms with E-state index in [2.05, 4.69) is 0 Å². The zero-order valence-corrected chi connectivity index (χ0v) is 10.6. The lowest BCUT2D eigenvalue weighted by molar-refractivity contribution is 0.0434. The lowest BCUT2D eigenvalue weighted by Gasteiger charge is -2.21. The number of nitrogens with zero attached hydrogens (tertiary/aromatic N) is 1. The van der Waals surface area contributed by atoms with Gasteiger partial charge in [0.05, 0.1) is 12.7 Å². The highest BCUT2D eigenvalue weighted by atomic mass is 16.6. The number of carbonyl (C=O) groups is 1. The zero-order valence-electron chi connectivity index (χ0n) is 10.6. The predicted octanol–water partition coefficient (Wildman–Crippen LogP) is 1.54. The van der Waals surface area contributed by atoms with E-state index in [1.165, 1.54) is 26.2 Å². The Morgan fingerprint density at radius 3 is 2.84 bits per heavy atom. The summed E-state index contributed by atoms with van der Waals surface area (Å²) in [7, 11) is 1.47. The Morgan fingerprint density at radius 1 is 1.42 bits per heavy atom. The molecule has 19 heavy (non-hydrogen) atoms. The Hall–Kier alpha value is -2.42. The number of methoxy groups -OCH3 is 1. The SMILES string of the molecule is COc1cc(C(=O)O[C@@H](C)C#N)cc2c1OCCO2. The van der Waals surface area contributed by atoms with Crippen LogP contribution in [0.15, 0.2) is 12.1 Å². The molecular formula is C13H13NO5. The van der Waals surface area contributed by atoms with Crippen molar-refractivity contribution in [1.29, 1.82) is 5.26 Å². The highest BCUT2D eigenvalue weighted by Gasteiger charge is 2.22. The smallest absolute Gasteiger partial charge is 0.339 e. The number of rotatable bonds is 3. The van der Waals surface area contributed by atoms with Gasteiger partial charge in [-0.3, -0.25) is 0 Å². The Balaban J connectivity index is 2.32. The van der Waals surface area contributed by atoms with E-state index in [1.54, 1.807) is 0 Å². The van der Waals surface area contributed by atoms with Gasteiger partial charge in [0.25, 0.3) is 0 Å². The molecular weight excluding hydrogens is 250 g/mol. The average Bonchev–Trinajstić information content (AvgIpc) is 2.45. The number of carbonyl (C=O) groups excluding carboxylic acids is 1. The van der Waals surface area contributed by atoms with E-state index in [1.807, 2.05) is 6.07 Å². The van der Waals surface area contributed by atoms with E-state index < -0.39 is 12.1 Å². The minimum Gasteiger partial charge on any atom is -0.493 e. The summed E-state index contributed by atoms with van der Waals surface area (Å²) in [6.07, 6.45) is -0.813. The van der Waals surface area contributed by atoms with E-state index in [-0.39, 0.29) is 5.56 Å². The number of fused-ring (bicyclic) bond motifs is 1. The second-order valence-corrected chi connectivity index (χ2v) is 3.88. The highest BCUT2D eigenvalue weighted by Crippen LogP contribution is 2.40. The second kappa shape index (κ2) is 5.48. The number of hydrogen-bond acceptors (Lipinski definition) is 6. The largest absolute Gasteiger partial charge is 0.493 e. The third-order valence-corrected chi connectivity index (χ3v) is 2.53. The molecule has 0 N–H and O–H groups in total. The van der Waals surface area contributed by atoms with Gasteiger partial charge in [0.2, 0.25) is 5.75 Å². The van der Waals surface area contributed by atoms with Crippen LogP contribution in [0.1, 0.15) is 17.3 Å². The van der Waals surface area contributed by atoms with Gasteiger partial charge in [0.15, 0.2) is 17.6 Å². The lowest BCUT2D eigenvalue weighted by Crippen LogP contribution is -2.18. The molecule has 6 heteroatoms. The fourth-order valence-corrected chi connectivity index (χ4v) is 1.65. The van der Waals surface area contributed by atoms with Gasteiger partial charge in [-0.25, -0.2) is 4.79 Å². The topological polar surface area (TPSA) is 77.8 Å². The van der Waals surface area contributed by atoms with Crippen molar-refractivity contribution in [3.05, 3.63) is 17.7 Å². The highest BCUT2D eigenvalue weighted by molar-refractivity contribution is 5.91. The normalized spacial score (nSPS) is 14.2. The van der Waals surface area contributed by atoms with Crippen molar-refractivity contribution < 1.29 is 23.7 Å². The molecule has 0 saturated carbocycles. The summed E-state index contributed by atoms with van der Waals surface area (Å²) in [5, 5.41) is 8.63. The molecule has 0 unspecified atom stereocenters. The maximum absolute atomic E-state index is 11.8. The van der Waals surface area contributed by atoms with Crippen LogP contribution in [0.3, 0.4) is 0 Å². The van der Waals surface area contributed by atoms with Crippen LogP contribution >= 0.6 is 0 Å². The molecule has 100 valence electrons. The number of esters is 1. The van der Waals surface area contributed by atoms with Crippen molar-refractivity contribution in [3.63, 3.8) is 0 Å². The summed E-state index contributed by atoms with van der Waals surface area (Å²) >= 11 is 0. The van der Waals surface area contributed by atoms with Crippen LogP contribution in [0.5, 0.6) is 17.2 Å². The molecule has 0 aliphatic carbocycles. The van der Waals surface area contributed by atoms with Gasteiger partial charge >= 0.3 is 5.97 Å². The Labute approximate surface area is 110 Å². The van der Waals surface area contributed by atoms with E-state index in [0.29, 0.717) is 30.5 Å². The van der Waals surface area contributed by atoms with Crippen LogP contribution in [0.4, 0.5) is 0 Å². The third-order valence-electron chi connectivity index (χ3n) is 2.53. The van der Waals surface area contributed by atoms with Gasteiger partial charge in [-0.15, -0.1) is 0 Å². The standard InChI is InChI=1S/C13H13NO5/c1-8(7-14)19-13(15)9-5-10(16-2)12-11(6-9)17-3-4-18-12/h5-6,8H,3-4H2,1-2H3/t8-/m0/s1. The third kappa shape index (κ3) is 2.71. The summed E-state index contributed by atoms with van der Waals surface area (Å²) in [6.45, 7) is 2.33. The molecule has 1 aliphatic heterocycles. The van der Waals surface area contributed by atoms with Crippen molar-refractivity contribution in [2.45, 2.75) is 13.0 Å². The number of hydrogen-bond donors (Lipinski definition) is 0. The number of ether oxygens (including phenoxy) is 4. The van der Waals surface area contributed by atoms with E-state index in [0.717, 1.165) is 0 Å². The van der Waals surface area contributed by atoms with Crippen molar-refractivity contribution in [3.8, 4) is 23.3 Å². The molecule has 1 atom stereocenters. The first-order chi connectivity index (χ1) is 9.15. The Morgan fingerprint density at radius 2 is 2.16 bits per heavy atom. The molecule has 6 nitrogen and oxygen atoms in total. The molecule has 0 fully saturated rings. The van der Waals surface area contributed by atoms with E-state index in [4.69, 9.17) is 24.2 Å². The van der Waals surface area contributed by atoms with Gasteiger partial charge in [-0.2, -0.15) is 5.26 Å². The predicted molar refractivity (Wildman–Crippen MR) is 64.5 cm³/mol. The van der Waals surface area contributed by atoms with Crippen LogP contribution in [0.25, 0.3) is 0 Å². The summed E-state index contributed by atoms with van der Waals surface area (Å²) in [5.41, 5.74) is 0.253. The number of nitriles is 1. The fourth-order valence-electron chi connectivity index (χ4n) is 1.65. The summed E-state index contributed by atoms with van der Waals surface area (Å²) < 4.78 is 20.9. The van der Waals surface area contributed by atoms with Crippen LogP contribution in [-0.2, 0) is 4.74 Å². The quantitative estimate of drug-likeness (QED) is 0.770. The summed E-state index contributed by atoms with van der Waals surface area (Å²) in [4.78, 5) is 11.8. The molecule has 2 rings (SSSR count). The first kappa shape index (κ1) is 13.0. The maximum atomic E-state index is 11.8. The number of benzene rings is 1. The van der Waals surface area contributed by atoms with Crippen LogP contribution in [0, 0.1) is 11.3 Å². The molecule has 0 saturated heterocycles. The van der Waals surface area contributed by atoms with Crippen LogP contribution in [-0.4, -0.2) is 32.4 Å². The minimum absolute atomic E-state index is 0.253. The molecule has 0 aromatic heterocycles. The second-order valence-electron chi connectivity index (χ2n) is 3.88.